The number of piperazine rings is 1. The molecule has 0 unspecified atom stereocenters. The highest BCUT2D eigenvalue weighted by molar-refractivity contribution is 7.90. The number of carbonyl (C=O) groups is 3. The molecule has 6 heterocycles. The van der Waals surface area contributed by atoms with Gasteiger partial charge in [0.15, 0.2) is 17.4 Å². The van der Waals surface area contributed by atoms with E-state index in [9.17, 15) is 37.2 Å². The number of halogens is 3. The van der Waals surface area contributed by atoms with Gasteiger partial charge in [0.25, 0.3) is 11.5 Å². The van der Waals surface area contributed by atoms with Crippen LogP contribution in [-0.2, 0) is 26.3 Å². The van der Waals surface area contributed by atoms with E-state index < -0.39 is 62.7 Å². The van der Waals surface area contributed by atoms with E-state index in [4.69, 9.17) is 4.74 Å². The van der Waals surface area contributed by atoms with Gasteiger partial charge in [-0.2, -0.15) is 18.0 Å². The quantitative estimate of drug-likeness (QED) is 0.164. The van der Waals surface area contributed by atoms with Crippen molar-refractivity contribution < 1.29 is 40.7 Å². The molecule has 10 rings (SSSR count). The molecule has 3 atom stereocenters. The van der Waals surface area contributed by atoms with E-state index >= 15 is 8.78 Å². The first-order valence-electron chi connectivity index (χ1n) is 23.3. The topological polar surface area (TPSA) is 194 Å². The highest BCUT2D eigenvalue weighted by Gasteiger charge is 2.41. The molecule has 364 valence electrons. The zero-order valence-corrected chi connectivity index (χ0v) is 38.9. The van der Waals surface area contributed by atoms with Gasteiger partial charge in [-0.3, -0.25) is 38.7 Å². The number of hydrogen-bond donors (Lipinski definition) is 2. The summed E-state index contributed by atoms with van der Waals surface area (Å²) in [4.78, 5) is 63.9. The van der Waals surface area contributed by atoms with Crippen LogP contribution >= 0.6 is 0 Å². The molecule has 0 spiro atoms. The standard InChI is InChI=1S/C49H49F3N10O7S/c1-29-24-57(25-30-14-17-58(18-15-30)42-11-7-35-38(45(42)52)27-61(48(35)65)43-12-13-44(63)55-47(43)64)20-21-60(29)32-2-4-33(5-3-32)62-28-54-40-9-6-34(22-36(40)49(62)66)69-46-37(23-53)41(10-8-39(46)51)56-70(67,68)59-19-16-31(50)26-59/h2-11,22,28-31,43,56H,12-21,24-27H2,1H3,(H,55,63,64)/t29-,31+,43-/m0/s1. The third kappa shape index (κ3) is 8.90. The molecule has 0 aliphatic carbocycles. The molecule has 2 N–H and O–H groups in total. The molecule has 5 aliphatic heterocycles. The van der Waals surface area contributed by atoms with Crippen LogP contribution in [0.4, 0.5) is 30.2 Å². The second-order valence-electron chi connectivity index (χ2n) is 18.5. The normalized spacial score (nSPS) is 21.6. The van der Waals surface area contributed by atoms with Crippen molar-refractivity contribution in [2.75, 3.05) is 66.9 Å². The van der Waals surface area contributed by atoms with Gasteiger partial charge in [-0.15, -0.1) is 0 Å². The smallest absolute Gasteiger partial charge is 0.301 e. The first-order chi connectivity index (χ1) is 33.6. The van der Waals surface area contributed by atoms with Crippen LogP contribution in [0, 0.1) is 28.9 Å². The molecule has 4 fully saturated rings. The number of hydrogen-bond acceptors (Lipinski definition) is 12. The Hall–Kier alpha value is -7.02. The summed E-state index contributed by atoms with van der Waals surface area (Å²) in [7, 11) is -4.25. The lowest BCUT2D eigenvalue weighted by Crippen LogP contribution is -2.53. The Bertz CT molecular complexity index is 3140. The molecule has 0 radical (unpaired) electrons. The summed E-state index contributed by atoms with van der Waals surface area (Å²) >= 11 is 0. The van der Waals surface area contributed by atoms with Gasteiger partial charge in [-0.1, -0.05) is 0 Å². The van der Waals surface area contributed by atoms with Crippen LogP contribution in [0.2, 0.25) is 0 Å². The molecule has 4 aromatic carbocycles. The van der Waals surface area contributed by atoms with Gasteiger partial charge in [0, 0.05) is 81.6 Å². The molecular weight excluding hydrogens is 930 g/mol. The Balaban J connectivity index is 0.751. The van der Waals surface area contributed by atoms with Crippen LogP contribution in [0.3, 0.4) is 0 Å². The number of aromatic nitrogens is 2. The van der Waals surface area contributed by atoms with Crippen LogP contribution in [-0.4, -0.2) is 120 Å². The van der Waals surface area contributed by atoms with Crippen molar-refractivity contribution in [2.45, 2.75) is 63.8 Å². The third-order valence-electron chi connectivity index (χ3n) is 14.1. The summed E-state index contributed by atoms with van der Waals surface area (Å²) < 4.78 is 81.3. The Morgan fingerprint density at radius 2 is 1.66 bits per heavy atom. The highest BCUT2D eigenvalue weighted by atomic mass is 32.2. The largest absolute Gasteiger partial charge is 0.453 e. The van der Waals surface area contributed by atoms with E-state index in [2.05, 4.69) is 31.7 Å². The molecule has 17 nitrogen and oxygen atoms in total. The van der Waals surface area contributed by atoms with Crippen LogP contribution in [0.15, 0.2) is 77.9 Å². The van der Waals surface area contributed by atoms with Gasteiger partial charge in [0.2, 0.25) is 11.8 Å². The molecule has 1 aromatic heterocycles. The van der Waals surface area contributed by atoms with E-state index in [1.807, 2.05) is 29.2 Å². The number of ether oxygens (including phenoxy) is 1. The number of fused-ring (bicyclic) bond motifs is 2. The maximum atomic E-state index is 16.0. The maximum absolute atomic E-state index is 16.0. The Kier molecular flexibility index (Phi) is 12.5. The number of alkyl halides is 1. The molecule has 5 aromatic rings. The minimum atomic E-state index is -4.25. The van der Waals surface area contributed by atoms with Crippen LogP contribution < -0.4 is 30.1 Å². The number of anilines is 3. The fourth-order valence-corrected chi connectivity index (χ4v) is 11.7. The van der Waals surface area contributed by atoms with Crippen molar-refractivity contribution in [1.29, 1.82) is 5.26 Å². The molecule has 3 amide bonds. The first kappa shape index (κ1) is 46.7. The second-order valence-corrected chi connectivity index (χ2v) is 20.2. The second kappa shape index (κ2) is 18.7. The van der Waals surface area contributed by atoms with E-state index in [1.54, 1.807) is 18.2 Å². The zero-order chi connectivity index (χ0) is 49.0. The van der Waals surface area contributed by atoms with Crippen LogP contribution in [0.25, 0.3) is 16.6 Å². The predicted octanol–water partition coefficient (Wildman–Crippen LogP) is 5.22. The molecule has 21 heteroatoms. The molecule has 0 bridgehead atoms. The Morgan fingerprint density at radius 3 is 2.37 bits per heavy atom. The maximum Gasteiger partial charge on any atom is 0.301 e. The van der Waals surface area contributed by atoms with Crippen LogP contribution in [0.1, 0.15) is 60.5 Å². The van der Waals surface area contributed by atoms with Gasteiger partial charge < -0.3 is 19.4 Å². The van der Waals surface area contributed by atoms with E-state index in [-0.39, 0.29) is 73.2 Å². The van der Waals surface area contributed by atoms with Crippen molar-refractivity contribution in [3.8, 4) is 23.3 Å². The Morgan fingerprint density at radius 1 is 0.886 bits per heavy atom. The van der Waals surface area contributed by atoms with Crippen molar-refractivity contribution in [1.82, 2.24) is 29.0 Å². The van der Waals surface area contributed by atoms with Gasteiger partial charge in [0.1, 0.15) is 35.9 Å². The van der Waals surface area contributed by atoms with Gasteiger partial charge in [0.05, 0.1) is 34.5 Å². The molecular formula is C49H49F3N10O7S. The number of nitrogens with zero attached hydrogens (tertiary/aromatic N) is 8. The third-order valence-corrected chi connectivity index (χ3v) is 15.6. The number of nitriles is 1. The summed E-state index contributed by atoms with van der Waals surface area (Å²) in [6.45, 7) is 6.53. The van der Waals surface area contributed by atoms with Crippen molar-refractivity contribution in [3.63, 3.8) is 0 Å². The van der Waals surface area contributed by atoms with Crippen molar-refractivity contribution in [2.24, 2.45) is 5.92 Å². The average Bonchev–Trinajstić information content (AvgIpc) is 3.94. The minimum absolute atomic E-state index is 0.00103. The predicted molar refractivity (Wildman–Crippen MR) is 253 cm³/mol. The van der Waals surface area contributed by atoms with Crippen molar-refractivity contribution >= 4 is 55.9 Å². The fourth-order valence-electron chi connectivity index (χ4n) is 10.4. The van der Waals surface area contributed by atoms with E-state index in [0.717, 1.165) is 61.1 Å². The van der Waals surface area contributed by atoms with E-state index in [1.165, 1.54) is 34.0 Å². The van der Waals surface area contributed by atoms with Gasteiger partial charge in [-0.25, -0.2) is 18.2 Å². The monoisotopic (exact) mass is 978 g/mol. The Labute approximate surface area is 401 Å². The number of carbonyl (C=O) groups excluding carboxylic acids is 3. The number of amides is 3. The van der Waals surface area contributed by atoms with Gasteiger partial charge >= 0.3 is 10.2 Å². The lowest BCUT2D eigenvalue weighted by Gasteiger charge is -2.43. The fraction of sp³-hybridized carbons (Fsp3) is 0.388. The lowest BCUT2D eigenvalue weighted by atomic mass is 9.94. The molecule has 5 aliphatic rings. The van der Waals surface area contributed by atoms with Gasteiger partial charge in [-0.05, 0) is 105 Å². The lowest BCUT2D eigenvalue weighted by molar-refractivity contribution is -0.136. The SMILES string of the molecule is C[C@H]1CN(CC2CCN(c3ccc4c(c3F)CN([C@H]3CCC(=O)NC3=O)C4=O)CC2)CCN1c1ccc(-n2cnc3ccc(Oc4c(F)ccc(NS(=O)(=O)N5CC[C@@H](F)C5)c4C#N)cc3c2=O)cc1. The number of nitrogens with one attached hydrogen (secondary N) is 2. The number of imide groups is 1. The molecule has 4 saturated heterocycles. The summed E-state index contributed by atoms with van der Waals surface area (Å²) in [5.41, 5.74) is 1.79. The van der Waals surface area contributed by atoms with Crippen LogP contribution in [0.5, 0.6) is 11.5 Å². The molecule has 70 heavy (non-hydrogen) atoms. The highest BCUT2D eigenvalue weighted by Crippen LogP contribution is 2.37. The zero-order valence-electron chi connectivity index (χ0n) is 38.1. The summed E-state index contributed by atoms with van der Waals surface area (Å²) in [5, 5.41) is 12.4. The molecule has 0 saturated carbocycles. The number of benzene rings is 4. The van der Waals surface area contributed by atoms with Crippen molar-refractivity contribution in [3.05, 3.63) is 112 Å². The number of rotatable bonds is 11. The first-order valence-corrected chi connectivity index (χ1v) is 24.7. The summed E-state index contributed by atoms with van der Waals surface area (Å²) in [6, 6.07) is 18.5. The summed E-state index contributed by atoms with van der Waals surface area (Å²) in [6.07, 6.45) is 2.25. The summed E-state index contributed by atoms with van der Waals surface area (Å²) in [5.74, 6) is -2.80. The minimum Gasteiger partial charge on any atom is -0.453 e. The number of piperidine rings is 2. The van der Waals surface area contributed by atoms with E-state index in [0.29, 0.717) is 41.5 Å². The average molecular weight is 979 g/mol.